The van der Waals surface area contributed by atoms with E-state index in [1.54, 1.807) is 12.1 Å². The third kappa shape index (κ3) is 5.18. The van der Waals surface area contributed by atoms with E-state index in [-0.39, 0.29) is 18.0 Å². The van der Waals surface area contributed by atoms with Gasteiger partial charge in [0.15, 0.2) is 0 Å². The highest BCUT2D eigenvalue weighted by atomic mass is 79.9. The van der Waals surface area contributed by atoms with Crippen molar-refractivity contribution in [1.29, 1.82) is 0 Å². The fraction of sp³-hybridized carbons (Fsp3) is 0.571. The average Bonchev–Trinajstić information content (AvgIpc) is 2.40. The van der Waals surface area contributed by atoms with Crippen LogP contribution in [0.1, 0.15) is 32.3 Å². The van der Waals surface area contributed by atoms with Gasteiger partial charge in [0, 0.05) is 6.61 Å². The molecule has 0 spiro atoms. The Bertz CT molecular complexity index is 384. The maximum absolute atomic E-state index is 13.2. The van der Waals surface area contributed by atoms with Gasteiger partial charge in [-0.2, -0.15) is 0 Å². The lowest BCUT2D eigenvalue weighted by molar-refractivity contribution is 0.0281. The molecule has 2 unspecified atom stereocenters. The number of nitrogens with one attached hydrogen (secondary N) is 1. The lowest BCUT2D eigenvalue weighted by atomic mass is 9.99. The second-order valence-corrected chi connectivity index (χ2v) is 5.36. The van der Waals surface area contributed by atoms with Gasteiger partial charge in [0.05, 0.1) is 16.6 Å². The van der Waals surface area contributed by atoms with E-state index in [4.69, 9.17) is 10.6 Å². The molecule has 0 bridgehead atoms. The van der Waals surface area contributed by atoms with Crippen LogP contribution in [0.4, 0.5) is 4.39 Å². The Labute approximate surface area is 122 Å². The highest BCUT2D eigenvalue weighted by molar-refractivity contribution is 9.10. The summed E-state index contributed by atoms with van der Waals surface area (Å²) in [6, 6.07) is 5.05. The first-order valence-electron chi connectivity index (χ1n) is 6.64. The molecule has 3 nitrogen and oxygen atoms in total. The molecule has 0 aliphatic carbocycles. The SMILES string of the molecule is CCCC(OCC)C(Cc1ccc(F)c(Br)c1)NN. The Balaban J connectivity index is 2.75. The number of hydrazine groups is 1. The molecule has 19 heavy (non-hydrogen) atoms. The summed E-state index contributed by atoms with van der Waals surface area (Å²) in [7, 11) is 0. The Morgan fingerprint density at radius 2 is 2.16 bits per heavy atom. The van der Waals surface area contributed by atoms with Crippen molar-refractivity contribution >= 4 is 15.9 Å². The summed E-state index contributed by atoms with van der Waals surface area (Å²) in [5.74, 6) is 5.38. The van der Waals surface area contributed by atoms with Crippen molar-refractivity contribution in [3.8, 4) is 0 Å². The Hall–Kier alpha value is -0.490. The van der Waals surface area contributed by atoms with Crippen molar-refractivity contribution in [2.45, 2.75) is 45.3 Å². The van der Waals surface area contributed by atoms with Crippen LogP contribution < -0.4 is 11.3 Å². The molecule has 0 heterocycles. The minimum absolute atomic E-state index is 0.0252. The Kier molecular flexibility index (Phi) is 7.53. The fourth-order valence-electron chi connectivity index (χ4n) is 2.12. The van der Waals surface area contributed by atoms with E-state index in [0.29, 0.717) is 17.5 Å². The minimum Gasteiger partial charge on any atom is -0.377 e. The molecule has 0 radical (unpaired) electrons. The summed E-state index contributed by atoms with van der Waals surface area (Å²) in [5.41, 5.74) is 3.85. The summed E-state index contributed by atoms with van der Waals surface area (Å²) in [6.07, 6.45) is 2.77. The van der Waals surface area contributed by atoms with E-state index in [1.807, 2.05) is 6.92 Å². The molecular formula is C14H22BrFN2O. The van der Waals surface area contributed by atoms with Gasteiger partial charge < -0.3 is 4.74 Å². The maximum atomic E-state index is 13.2. The summed E-state index contributed by atoms with van der Waals surface area (Å²) in [4.78, 5) is 0. The van der Waals surface area contributed by atoms with Gasteiger partial charge in [0.2, 0.25) is 0 Å². The zero-order valence-electron chi connectivity index (χ0n) is 11.5. The van der Waals surface area contributed by atoms with E-state index >= 15 is 0 Å². The van der Waals surface area contributed by atoms with Crippen LogP contribution in [0, 0.1) is 5.82 Å². The zero-order chi connectivity index (χ0) is 14.3. The van der Waals surface area contributed by atoms with Gasteiger partial charge >= 0.3 is 0 Å². The van der Waals surface area contributed by atoms with Crippen molar-refractivity contribution in [1.82, 2.24) is 5.43 Å². The van der Waals surface area contributed by atoms with Gasteiger partial charge in [0.1, 0.15) is 5.82 Å². The first-order valence-corrected chi connectivity index (χ1v) is 7.43. The quantitative estimate of drug-likeness (QED) is 0.567. The van der Waals surface area contributed by atoms with Crippen molar-refractivity contribution in [2.24, 2.45) is 5.84 Å². The van der Waals surface area contributed by atoms with Gasteiger partial charge in [-0.25, -0.2) is 4.39 Å². The van der Waals surface area contributed by atoms with Crippen molar-refractivity contribution in [3.05, 3.63) is 34.1 Å². The number of nitrogens with two attached hydrogens (primary N) is 1. The molecule has 0 aliphatic rings. The molecule has 0 aliphatic heterocycles. The van der Waals surface area contributed by atoms with E-state index in [1.165, 1.54) is 6.07 Å². The highest BCUT2D eigenvalue weighted by Gasteiger charge is 2.20. The first kappa shape index (κ1) is 16.6. The van der Waals surface area contributed by atoms with Crippen molar-refractivity contribution < 1.29 is 9.13 Å². The molecular weight excluding hydrogens is 311 g/mol. The van der Waals surface area contributed by atoms with Gasteiger partial charge in [-0.1, -0.05) is 19.4 Å². The third-order valence-electron chi connectivity index (χ3n) is 3.06. The van der Waals surface area contributed by atoms with E-state index in [0.717, 1.165) is 18.4 Å². The summed E-state index contributed by atoms with van der Waals surface area (Å²) >= 11 is 3.20. The molecule has 5 heteroatoms. The van der Waals surface area contributed by atoms with Crippen LogP contribution in [-0.4, -0.2) is 18.8 Å². The monoisotopic (exact) mass is 332 g/mol. The van der Waals surface area contributed by atoms with Crippen LogP contribution in [-0.2, 0) is 11.2 Å². The predicted molar refractivity (Wildman–Crippen MR) is 79.2 cm³/mol. The van der Waals surface area contributed by atoms with E-state index in [2.05, 4.69) is 28.3 Å². The average molecular weight is 333 g/mol. The largest absolute Gasteiger partial charge is 0.377 e. The van der Waals surface area contributed by atoms with Crippen LogP contribution in [0.3, 0.4) is 0 Å². The predicted octanol–water partition coefficient (Wildman–Crippen LogP) is 3.17. The smallest absolute Gasteiger partial charge is 0.137 e. The first-order chi connectivity index (χ1) is 9.12. The topological polar surface area (TPSA) is 47.3 Å². The molecule has 0 saturated heterocycles. The van der Waals surface area contributed by atoms with Crippen molar-refractivity contribution in [2.75, 3.05) is 6.61 Å². The number of hydrogen-bond donors (Lipinski definition) is 2. The number of ether oxygens (including phenoxy) is 1. The molecule has 3 N–H and O–H groups in total. The van der Waals surface area contributed by atoms with Gasteiger partial charge in [0.25, 0.3) is 0 Å². The van der Waals surface area contributed by atoms with Crippen molar-refractivity contribution in [3.63, 3.8) is 0 Å². The number of halogens is 2. The van der Waals surface area contributed by atoms with Crippen LogP contribution in [0.5, 0.6) is 0 Å². The number of rotatable bonds is 8. The van der Waals surface area contributed by atoms with Gasteiger partial charge in [-0.3, -0.25) is 11.3 Å². The summed E-state index contributed by atoms with van der Waals surface area (Å²) in [5, 5.41) is 0. The van der Waals surface area contributed by atoms with Crippen LogP contribution in [0.15, 0.2) is 22.7 Å². The molecule has 1 aromatic carbocycles. The van der Waals surface area contributed by atoms with Crippen LogP contribution >= 0.6 is 15.9 Å². The molecule has 0 fully saturated rings. The van der Waals surface area contributed by atoms with Crippen LogP contribution in [0.2, 0.25) is 0 Å². The Morgan fingerprint density at radius 3 is 2.68 bits per heavy atom. The molecule has 0 saturated carbocycles. The number of benzene rings is 1. The molecule has 2 atom stereocenters. The summed E-state index contributed by atoms with van der Waals surface area (Å²) < 4.78 is 19.4. The van der Waals surface area contributed by atoms with Gasteiger partial charge in [-0.05, 0) is 53.4 Å². The summed E-state index contributed by atoms with van der Waals surface area (Å²) in [6.45, 7) is 4.76. The molecule has 0 aromatic heterocycles. The molecule has 108 valence electrons. The molecule has 1 aromatic rings. The Morgan fingerprint density at radius 1 is 1.42 bits per heavy atom. The van der Waals surface area contributed by atoms with Gasteiger partial charge in [-0.15, -0.1) is 0 Å². The third-order valence-corrected chi connectivity index (χ3v) is 3.66. The molecule has 0 amide bonds. The zero-order valence-corrected chi connectivity index (χ0v) is 13.0. The maximum Gasteiger partial charge on any atom is 0.137 e. The normalized spacial score (nSPS) is 14.4. The lowest BCUT2D eigenvalue weighted by Gasteiger charge is -2.26. The number of hydrogen-bond acceptors (Lipinski definition) is 3. The minimum atomic E-state index is -0.254. The lowest BCUT2D eigenvalue weighted by Crippen LogP contribution is -2.46. The standard InChI is InChI=1S/C14H22BrFN2O/c1-3-5-14(19-4-2)13(18-17)9-10-6-7-12(16)11(15)8-10/h6-8,13-14,18H,3-5,9,17H2,1-2H3. The van der Waals surface area contributed by atoms with Crippen LogP contribution in [0.25, 0.3) is 0 Å². The van der Waals surface area contributed by atoms with E-state index in [9.17, 15) is 4.39 Å². The van der Waals surface area contributed by atoms with E-state index < -0.39 is 0 Å². The highest BCUT2D eigenvalue weighted by Crippen LogP contribution is 2.19. The molecule has 1 rings (SSSR count). The second kappa shape index (κ2) is 8.64. The second-order valence-electron chi connectivity index (χ2n) is 4.51. The fourth-order valence-corrected chi connectivity index (χ4v) is 2.54.